The van der Waals surface area contributed by atoms with Gasteiger partial charge in [-0.05, 0) is 36.4 Å². The molecule has 1 N–H and O–H groups in total. The molecule has 2 amide bonds. The summed E-state index contributed by atoms with van der Waals surface area (Å²) in [6, 6.07) is 17.2. The molecule has 0 aromatic heterocycles. The van der Waals surface area contributed by atoms with Gasteiger partial charge in [0.1, 0.15) is 5.25 Å². The number of nitrogens with zero attached hydrogens (tertiary/aromatic N) is 4. The number of carbonyl (C=O) groups excluding carboxylic acids is 2. The number of nitriles is 2. The van der Waals surface area contributed by atoms with Crippen molar-refractivity contribution in [1.82, 2.24) is 5.32 Å². The average molecular weight is 375 g/mol. The van der Waals surface area contributed by atoms with Gasteiger partial charge in [-0.15, -0.1) is 0 Å². The van der Waals surface area contributed by atoms with Gasteiger partial charge >= 0.3 is 0 Å². The van der Waals surface area contributed by atoms with Crippen molar-refractivity contribution in [2.45, 2.75) is 11.7 Å². The van der Waals surface area contributed by atoms with Gasteiger partial charge in [-0.3, -0.25) is 14.9 Å². The molecule has 0 spiro atoms. The Morgan fingerprint density at radius 3 is 2.44 bits per heavy atom. The van der Waals surface area contributed by atoms with E-state index in [1.807, 2.05) is 24.3 Å². The van der Waals surface area contributed by atoms with E-state index in [-0.39, 0.29) is 23.4 Å². The van der Waals surface area contributed by atoms with Gasteiger partial charge in [0.2, 0.25) is 11.8 Å². The molecule has 0 radical (unpaired) electrons. The maximum atomic E-state index is 12.7. The minimum Gasteiger partial charge on any atom is -0.274 e. The number of amidine groups is 1. The molecule has 7 nitrogen and oxygen atoms in total. The summed E-state index contributed by atoms with van der Waals surface area (Å²) in [5.41, 5.74) is 1.49. The molecular weight excluding hydrogens is 362 g/mol. The first-order chi connectivity index (χ1) is 13.1. The lowest BCUT2D eigenvalue weighted by Gasteiger charge is -2.15. The molecule has 0 aliphatic carbocycles. The predicted molar refractivity (Wildman–Crippen MR) is 102 cm³/mol. The summed E-state index contributed by atoms with van der Waals surface area (Å²) >= 11 is 1.04. The van der Waals surface area contributed by atoms with E-state index in [2.05, 4.69) is 10.3 Å². The van der Waals surface area contributed by atoms with Crippen molar-refractivity contribution in [3.05, 3.63) is 60.2 Å². The van der Waals surface area contributed by atoms with Crippen molar-refractivity contribution in [2.75, 3.05) is 4.90 Å². The topological polar surface area (TPSA) is 109 Å². The second kappa shape index (κ2) is 8.17. The lowest BCUT2D eigenvalue weighted by atomic mass is 10.2. The highest BCUT2D eigenvalue weighted by Gasteiger charge is 2.40. The van der Waals surface area contributed by atoms with Crippen LogP contribution in [0.2, 0.25) is 0 Å². The van der Waals surface area contributed by atoms with Gasteiger partial charge in [0, 0.05) is 6.42 Å². The van der Waals surface area contributed by atoms with Crippen LogP contribution in [0.5, 0.6) is 0 Å². The Labute approximate surface area is 159 Å². The second-order valence-corrected chi connectivity index (χ2v) is 6.72. The van der Waals surface area contributed by atoms with E-state index in [1.165, 1.54) is 0 Å². The summed E-state index contributed by atoms with van der Waals surface area (Å²) in [5, 5.41) is 19.8. The quantitative estimate of drug-likeness (QED) is 0.290. The number of hydrogen-bond acceptors (Lipinski definition) is 6. The Bertz CT molecular complexity index is 974. The molecule has 1 aliphatic heterocycles. The van der Waals surface area contributed by atoms with Crippen LogP contribution in [0.25, 0.3) is 0 Å². The van der Waals surface area contributed by atoms with Gasteiger partial charge in [0.05, 0.1) is 23.0 Å². The zero-order valence-electron chi connectivity index (χ0n) is 14.0. The predicted octanol–water partition coefficient (Wildman–Crippen LogP) is 2.68. The third-order valence-electron chi connectivity index (χ3n) is 3.76. The zero-order valence-corrected chi connectivity index (χ0v) is 14.8. The summed E-state index contributed by atoms with van der Waals surface area (Å²) in [7, 11) is 0. The number of carbonyl (C=O) groups is 2. The summed E-state index contributed by atoms with van der Waals surface area (Å²) in [6.07, 6.45) is 1.81. The van der Waals surface area contributed by atoms with Gasteiger partial charge in [-0.25, -0.2) is 9.89 Å². The molecule has 1 atom stereocenters. The van der Waals surface area contributed by atoms with Gasteiger partial charge < -0.3 is 0 Å². The second-order valence-electron chi connectivity index (χ2n) is 5.53. The van der Waals surface area contributed by atoms with E-state index in [9.17, 15) is 9.59 Å². The first-order valence-corrected chi connectivity index (χ1v) is 8.83. The van der Waals surface area contributed by atoms with E-state index in [0.29, 0.717) is 16.9 Å². The van der Waals surface area contributed by atoms with Gasteiger partial charge in [-0.1, -0.05) is 30.0 Å². The van der Waals surface area contributed by atoms with Crippen molar-refractivity contribution in [3.63, 3.8) is 0 Å². The number of thioether (sulfide) groups is 1. The molecule has 1 heterocycles. The minimum absolute atomic E-state index is 0.00438. The SMILES string of the molecule is N#CNC(=Nc1ccccc1)S[C@@H]1CC(=O)N(c2ccc(C#N)cc2)C1=O. The fourth-order valence-corrected chi connectivity index (χ4v) is 3.50. The first-order valence-electron chi connectivity index (χ1n) is 7.95. The molecule has 0 unspecified atom stereocenters. The summed E-state index contributed by atoms with van der Waals surface area (Å²) in [4.78, 5) is 30.5. The standard InChI is InChI=1S/C19H13N5O2S/c20-11-13-6-8-15(9-7-13)24-17(25)10-16(18(24)26)27-19(22-12-21)23-14-4-2-1-3-5-14/h1-9,16H,10H2,(H,22,23)/t16-/m1/s1. The number of amides is 2. The van der Waals surface area contributed by atoms with Crippen molar-refractivity contribution in [1.29, 1.82) is 10.5 Å². The Morgan fingerprint density at radius 1 is 1.11 bits per heavy atom. The van der Waals surface area contributed by atoms with Crippen LogP contribution in [-0.4, -0.2) is 22.2 Å². The minimum atomic E-state index is -0.684. The maximum absolute atomic E-state index is 12.7. The maximum Gasteiger partial charge on any atom is 0.247 e. The van der Waals surface area contributed by atoms with Crippen molar-refractivity contribution in [3.8, 4) is 12.3 Å². The Hall–Kier alpha value is -3.62. The number of nitrogens with one attached hydrogen (secondary N) is 1. The molecule has 0 saturated carbocycles. The van der Waals surface area contributed by atoms with E-state index in [1.54, 1.807) is 42.6 Å². The highest BCUT2D eigenvalue weighted by molar-refractivity contribution is 8.15. The Balaban J connectivity index is 1.80. The van der Waals surface area contributed by atoms with Crippen molar-refractivity contribution in [2.24, 2.45) is 4.99 Å². The molecule has 1 saturated heterocycles. The third-order valence-corrected chi connectivity index (χ3v) is 4.83. The van der Waals surface area contributed by atoms with Crippen LogP contribution in [0.4, 0.5) is 11.4 Å². The zero-order chi connectivity index (χ0) is 19.2. The largest absolute Gasteiger partial charge is 0.274 e. The molecule has 3 rings (SSSR count). The van der Waals surface area contributed by atoms with Crippen LogP contribution in [0, 0.1) is 22.8 Å². The Kier molecular flexibility index (Phi) is 5.50. The summed E-state index contributed by atoms with van der Waals surface area (Å²) in [6.45, 7) is 0. The fourth-order valence-electron chi connectivity index (χ4n) is 2.54. The lowest BCUT2D eigenvalue weighted by molar-refractivity contribution is -0.121. The number of benzene rings is 2. The molecule has 2 aromatic rings. The van der Waals surface area contributed by atoms with Crippen LogP contribution in [-0.2, 0) is 9.59 Å². The fraction of sp³-hybridized carbons (Fsp3) is 0.105. The third kappa shape index (κ3) is 4.14. The van der Waals surface area contributed by atoms with Gasteiger partial charge in [0.15, 0.2) is 11.4 Å². The van der Waals surface area contributed by atoms with E-state index >= 15 is 0 Å². The average Bonchev–Trinajstić information content (AvgIpc) is 2.96. The van der Waals surface area contributed by atoms with Crippen LogP contribution in [0.1, 0.15) is 12.0 Å². The van der Waals surface area contributed by atoms with Crippen LogP contribution >= 0.6 is 11.8 Å². The molecule has 1 fully saturated rings. The number of aliphatic imine (C=N–C) groups is 1. The molecule has 2 aromatic carbocycles. The highest BCUT2D eigenvalue weighted by atomic mass is 32.2. The van der Waals surface area contributed by atoms with Crippen molar-refractivity contribution >= 4 is 40.1 Å². The molecule has 132 valence electrons. The summed E-state index contributed by atoms with van der Waals surface area (Å²) < 4.78 is 0. The van der Waals surface area contributed by atoms with Crippen molar-refractivity contribution < 1.29 is 9.59 Å². The van der Waals surface area contributed by atoms with E-state index < -0.39 is 5.25 Å². The van der Waals surface area contributed by atoms with Crippen LogP contribution in [0.3, 0.4) is 0 Å². The molecule has 0 bridgehead atoms. The monoisotopic (exact) mass is 375 g/mol. The van der Waals surface area contributed by atoms with Crippen LogP contribution < -0.4 is 10.2 Å². The molecule has 8 heteroatoms. The first kappa shape index (κ1) is 18.2. The molecule has 27 heavy (non-hydrogen) atoms. The van der Waals surface area contributed by atoms with Gasteiger partial charge in [0.25, 0.3) is 0 Å². The number of para-hydroxylation sites is 1. The lowest BCUT2D eigenvalue weighted by Crippen LogP contribution is -2.32. The van der Waals surface area contributed by atoms with E-state index in [0.717, 1.165) is 16.7 Å². The van der Waals surface area contributed by atoms with E-state index in [4.69, 9.17) is 10.5 Å². The molecular formula is C19H13N5O2S. The smallest absolute Gasteiger partial charge is 0.247 e. The molecule has 1 aliphatic rings. The highest BCUT2D eigenvalue weighted by Crippen LogP contribution is 2.30. The number of hydrogen-bond donors (Lipinski definition) is 1. The van der Waals surface area contributed by atoms with Crippen LogP contribution in [0.15, 0.2) is 59.6 Å². The summed E-state index contributed by atoms with van der Waals surface area (Å²) in [5.74, 6) is -0.714. The Morgan fingerprint density at radius 2 is 1.81 bits per heavy atom. The van der Waals surface area contributed by atoms with Gasteiger partial charge in [-0.2, -0.15) is 10.5 Å². The number of anilines is 1. The number of imide groups is 1. The normalized spacial score (nSPS) is 16.7. The number of rotatable bonds is 3.